The highest BCUT2D eigenvalue weighted by Gasteiger charge is 2.53. The van der Waals surface area contributed by atoms with Crippen LogP contribution >= 0.6 is 11.3 Å². The average molecular weight is 396 g/mol. The van der Waals surface area contributed by atoms with E-state index in [1.807, 2.05) is 14.0 Å². The fraction of sp³-hybridized carbons (Fsp3) is 0.800. The summed E-state index contributed by atoms with van der Waals surface area (Å²) in [5.74, 6) is 0.105. The molecule has 1 heterocycles. The van der Waals surface area contributed by atoms with Crippen LogP contribution in [0.25, 0.3) is 0 Å². The van der Waals surface area contributed by atoms with E-state index in [0.29, 0.717) is 13.2 Å². The van der Waals surface area contributed by atoms with Crippen LogP contribution in [-0.4, -0.2) is 49.4 Å². The Morgan fingerprint density at radius 1 is 1.52 bits per heavy atom. The first-order valence-electron chi connectivity index (χ1n) is 9.94. The maximum Gasteiger partial charge on any atom is 0.223 e. The van der Waals surface area contributed by atoms with Gasteiger partial charge in [0.25, 0.3) is 0 Å². The van der Waals surface area contributed by atoms with Gasteiger partial charge in [-0.3, -0.25) is 4.79 Å². The van der Waals surface area contributed by atoms with Crippen LogP contribution in [-0.2, 0) is 16.0 Å². The molecule has 0 saturated heterocycles. The summed E-state index contributed by atoms with van der Waals surface area (Å²) >= 11 is 1.74. The number of rotatable bonds is 6. The molecule has 0 aliphatic heterocycles. The topological polar surface area (TPSA) is 83.5 Å². The number of nitrogens with zero attached hydrogens (tertiary/aromatic N) is 1. The SMILES string of the molecule is CNc1nc2c(s1)C[C@]1(C)CC[C@H]([C@H](C)C(=O)NCCOC)[C@H](O)[C@H]1[C@@H]2C. The second-order valence-electron chi connectivity index (χ2n) is 8.49. The minimum Gasteiger partial charge on any atom is -0.392 e. The number of methoxy groups -OCH3 is 1. The van der Waals surface area contributed by atoms with E-state index in [0.717, 1.165) is 30.1 Å². The van der Waals surface area contributed by atoms with E-state index in [2.05, 4.69) is 24.5 Å². The molecule has 1 fully saturated rings. The van der Waals surface area contributed by atoms with Crippen LogP contribution in [0.1, 0.15) is 50.1 Å². The molecule has 6 nitrogen and oxygen atoms in total. The van der Waals surface area contributed by atoms with Crippen molar-refractivity contribution in [2.45, 2.75) is 52.1 Å². The molecule has 0 bridgehead atoms. The molecule has 1 amide bonds. The summed E-state index contributed by atoms with van der Waals surface area (Å²) < 4.78 is 5.01. The Hall–Kier alpha value is -1.18. The number of aliphatic hydroxyl groups excluding tert-OH is 1. The van der Waals surface area contributed by atoms with Gasteiger partial charge in [0.2, 0.25) is 5.91 Å². The van der Waals surface area contributed by atoms with Gasteiger partial charge in [0.05, 0.1) is 18.4 Å². The Morgan fingerprint density at radius 2 is 2.26 bits per heavy atom. The number of carbonyl (C=O) groups is 1. The van der Waals surface area contributed by atoms with Gasteiger partial charge in [-0.05, 0) is 36.5 Å². The average Bonchev–Trinajstić information content (AvgIpc) is 3.04. The quantitative estimate of drug-likeness (QED) is 0.645. The molecule has 7 heteroatoms. The lowest BCUT2D eigenvalue weighted by molar-refractivity contribution is -0.135. The van der Waals surface area contributed by atoms with E-state index < -0.39 is 6.10 Å². The van der Waals surface area contributed by atoms with E-state index >= 15 is 0 Å². The van der Waals surface area contributed by atoms with Gasteiger partial charge < -0.3 is 20.5 Å². The molecule has 3 rings (SSSR count). The second kappa shape index (κ2) is 8.05. The van der Waals surface area contributed by atoms with Gasteiger partial charge in [-0.25, -0.2) is 4.98 Å². The number of thiazole rings is 1. The zero-order valence-corrected chi connectivity index (χ0v) is 17.9. The van der Waals surface area contributed by atoms with Crippen molar-refractivity contribution < 1.29 is 14.6 Å². The number of ether oxygens (including phenoxy) is 1. The van der Waals surface area contributed by atoms with Crippen molar-refractivity contribution in [3.63, 3.8) is 0 Å². The fourth-order valence-corrected chi connectivity index (χ4v) is 6.50. The Morgan fingerprint density at radius 3 is 2.93 bits per heavy atom. The number of carbonyl (C=O) groups excluding carboxylic acids is 1. The molecule has 152 valence electrons. The van der Waals surface area contributed by atoms with Crippen LogP contribution in [0.5, 0.6) is 0 Å². The Labute approximate surface area is 166 Å². The molecule has 1 saturated carbocycles. The molecular weight excluding hydrogens is 362 g/mol. The summed E-state index contributed by atoms with van der Waals surface area (Å²) in [5, 5.41) is 18.4. The predicted octanol–water partition coefficient (Wildman–Crippen LogP) is 2.64. The second-order valence-corrected chi connectivity index (χ2v) is 9.57. The lowest BCUT2D eigenvalue weighted by Gasteiger charge is -2.53. The molecule has 0 unspecified atom stereocenters. The highest BCUT2D eigenvalue weighted by molar-refractivity contribution is 7.15. The van der Waals surface area contributed by atoms with Gasteiger partial charge >= 0.3 is 0 Å². The van der Waals surface area contributed by atoms with Gasteiger partial charge in [-0.15, -0.1) is 11.3 Å². The Bertz CT molecular complexity index is 679. The molecule has 1 aromatic rings. The summed E-state index contributed by atoms with van der Waals surface area (Å²) in [7, 11) is 3.52. The molecule has 3 N–H and O–H groups in total. The number of fused-ring (bicyclic) bond motifs is 2. The van der Waals surface area contributed by atoms with Crippen LogP contribution in [0, 0.1) is 23.2 Å². The summed E-state index contributed by atoms with van der Waals surface area (Å²) in [4.78, 5) is 18.6. The van der Waals surface area contributed by atoms with Gasteiger partial charge in [0, 0.05) is 37.4 Å². The number of aliphatic hydroxyl groups is 1. The van der Waals surface area contributed by atoms with Gasteiger partial charge in [-0.2, -0.15) is 0 Å². The van der Waals surface area contributed by atoms with Crippen LogP contribution in [0.4, 0.5) is 5.13 Å². The van der Waals surface area contributed by atoms with E-state index in [1.165, 1.54) is 4.88 Å². The van der Waals surface area contributed by atoms with E-state index in [-0.39, 0.29) is 35.0 Å². The van der Waals surface area contributed by atoms with Crippen molar-refractivity contribution in [1.29, 1.82) is 0 Å². The van der Waals surface area contributed by atoms with Gasteiger partial charge in [0.1, 0.15) is 0 Å². The minimum atomic E-state index is -0.491. The third kappa shape index (κ3) is 3.74. The van der Waals surface area contributed by atoms with Crippen molar-refractivity contribution in [3.8, 4) is 0 Å². The normalized spacial score (nSPS) is 33.7. The smallest absolute Gasteiger partial charge is 0.223 e. The first-order valence-corrected chi connectivity index (χ1v) is 10.8. The van der Waals surface area contributed by atoms with E-state index in [4.69, 9.17) is 9.72 Å². The van der Waals surface area contributed by atoms with E-state index in [1.54, 1.807) is 18.4 Å². The van der Waals surface area contributed by atoms with Gasteiger partial charge in [-0.1, -0.05) is 20.8 Å². The highest BCUT2D eigenvalue weighted by atomic mass is 32.1. The third-order valence-corrected chi connectivity index (χ3v) is 7.89. The third-order valence-electron chi connectivity index (χ3n) is 6.80. The Kier molecular flexibility index (Phi) is 6.13. The van der Waals surface area contributed by atoms with Crippen molar-refractivity contribution in [2.24, 2.45) is 23.2 Å². The fourth-order valence-electron chi connectivity index (χ4n) is 5.29. The summed E-state index contributed by atoms with van der Waals surface area (Å²) in [6.45, 7) is 7.45. The predicted molar refractivity (Wildman–Crippen MR) is 108 cm³/mol. The molecule has 2 aliphatic rings. The summed E-state index contributed by atoms with van der Waals surface area (Å²) in [6.07, 6.45) is 2.39. The minimum absolute atomic E-state index is 0.00924. The molecule has 0 radical (unpaired) electrons. The van der Waals surface area contributed by atoms with Crippen LogP contribution in [0.15, 0.2) is 0 Å². The number of aromatic nitrogens is 1. The maximum atomic E-state index is 12.5. The van der Waals surface area contributed by atoms with Crippen molar-refractivity contribution >= 4 is 22.4 Å². The molecule has 1 aromatic heterocycles. The zero-order chi connectivity index (χ0) is 19.8. The van der Waals surface area contributed by atoms with Crippen LogP contribution in [0.3, 0.4) is 0 Å². The molecule has 27 heavy (non-hydrogen) atoms. The monoisotopic (exact) mass is 395 g/mol. The molecule has 0 aromatic carbocycles. The largest absolute Gasteiger partial charge is 0.392 e. The molecule has 6 atom stereocenters. The maximum absolute atomic E-state index is 12.5. The molecule has 0 spiro atoms. The van der Waals surface area contributed by atoms with Crippen LogP contribution in [0.2, 0.25) is 0 Å². The lowest BCUT2D eigenvalue weighted by atomic mass is 9.53. The number of amides is 1. The molecular formula is C20H33N3O3S. The van der Waals surface area contributed by atoms with Gasteiger partial charge in [0.15, 0.2) is 5.13 Å². The van der Waals surface area contributed by atoms with Crippen molar-refractivity contribution in [1.82, 2.24) is 10.3 Å². The van der Waals surface area contributed by atoms with Crippen LogP contribution < -0.4 is 10.6 Å². The molecule has 2 aliphatic carbocycles. The summed E-state index contributed by atoms with van der Waals surface area (Å²) in [6, 6.07) is 0. The standard InChI is InChI=1S/C20H33N3O3S/c1-11(18(25)22-8-9-26-5)13-6-7-20(3)10-14-16(23-19(21-4)27-14)12(2)15(20)17(13)24/h11-13,15,17,24H,6-10H2,1-5H3,(H,21,23)(H,22,25)/t11-,12-,13+,15+,17-,20-/m0/s1. The van der Waals surface area contributed by atoms with E-state index in [9.17, 15) is 9.90 Å². The van der Waals surface area contributed by atoms with Crippen molar-refractivity contribution in [3.05, 3.63) is 10.6 Å². The first-order chi connectivity index (χ1) is 12.8. The number of hydrogen-bond donors (Lipinski definition) is 3. The number of anilines is 1. The van der Waals surface area contributed by atoms with Crippen molar-refractivity contribution in [2.75, 3.05) is 32.6 Å². The highest BCUT2D eigenvalue weighted by Crippen LogP contribution is 2.57. The zero-order valence-electron chi connectivity index (χ0n) is 17.0. The lowest BCUT2D eigenvalue weighted by Crippen LogP contribution is -2.53. The summed E-state index contributed by atoms with van der Waals surface area (Å²) in [5.41, 5.74) is 1.19. The number of hydrogen-bond acceptors (Lipinski definition) is 6. The number of nitrogens with one attached hydrogen (secondary N) is 2. The Balaban J connectivity index is 1.79. The first kappa shape index (κ1) is 20.6.